The monoisotopic (exact) mass is 251 g/mol. The summed E-state index contributed by atoms with van der Waals surface area (Å²) >= 11 is 0. The lowest BCUT2D eigenvalue weighted by Crippen LogP contribution is -2.20. The SMILES string of the molecule is CNC(CC(C)CC(C)C)c1ccc(C)cc1F. The molecule has 1 N–H and O–H groups in total. The first kappa shape index (κ1) is 15.2. The van der Waals surface area contributed by atoms with Crippen LogP contribution in [0, 0.1) is 24.6 Å². The molecular weight excluding hydrogens is 225 g/mol. The molecule has 2 heteroatoms. The maximum Gasteiger partial charge on any atom is 0.128 e. The lowest BCUT2D eigenvalue weighted by molar-refractivity contribution is 0.361. The number of aryl methyl sites for hydroxylation is 1. The van der Waals surface area contributed by atoms with E-state index in [9.17, 15) is 4.39 Å². The molecule has 0 aliphatic rings. The first-order valence-electron chi connectivity index (χ1n) is 6.87. The van der Waals surface area contributed by atoms with Crippen LogP contribution in [-0.4, -0.2) is 7.05 Å². The van der Waals surface area contributed by atoms with Crippen LogP contribution < -0.4 is 5.32 Å². The van der Waals surface area contributed by atoms with Crippen molar-refractivity contribution < 1.29 is 4.39 Å². The van der Waals surface area contributed by atoms with Crippen molar-refractivity contribution in [3.05, 3.63) is 35.1 Å². The van der Waals surface area contributed by atoms with Crippen LogP contribution in [0.2, 0.25) is 0 Å². The molecule has 0 bridgehead atoms. The standard InChI is InChI=1S/C16H26FN/c1-11(2)8-13(4)10-16(18-5)14-7-6-12(3)9-15(14)17/h6-7,9,11,13,16,18H,8,10H2,1-5H3. The Kier molecular flexibility index (Phi) is 5.80. The Labute approximate surface area is 111 Å². The molecule has 18 heavy (non-hydrogen) atoms. The van der Waals surface area contributed by atoms with Gasteiger partial charge in [-0.25, -0.2) is 4.39 Å². The molecule has 0 spiro atoms. The minimum atomic E-state index is -0.0916. The smallest absolute Gasteiger partial charge is 0.128 e. The van der Waals surface area contributed by atoms with Crippen molar-refractivity contribution in [3.8, 4) is 0 Å². The van der Waals surface area contributed by atoms with Gasteiger partial charge in [0, 0.05) is 11.6 Å². The zero-order chi connectivity index (χ0) is 13.7. The van der Waals surface area contributed by atoms with Crippen molar-refractivity contribution in [3.63, 3.8) is 0 Å². The molecule has 1 rings (SSSR count). The van der Waals surface area contributed by atoms with Gasteiger partial charge in [-0.3, -0.25) is 0 Å². The normalized spacial score (nSPS) is 14.8. The second kappa shape index (κ2) is 6.89. The van der Waals surface area contributed by atoms with Gasteiger partial charge in [0.25, 0.3) is 0 Å². The number of hydrogen-bond acceptors (Lipinski definition) is 1. The Morgan fingerprint density at radius 1 is 1.17 bits per heavy atom. The Morgan fingerprint density at radius 2 is 1.83 bits per heavy atom. The van der Waals surface area contributed by atoms with Crippen LogP contribution in [0.4, 0.5) is 4.39 Å². The molecule has 0 radical (unpaired) electrons. The van der Waals surface area contributed by atoms with E-state index in [4.69, 9.17) is 0 Å². The number of rotatable bonds is 6. The second-order valence-electron chi connectivity index (χ2n) is 5.84. The summed E-state index contributed by atoms with van der Waals surface area (Å²) in [4.78, 5) is 0. The molecule has 0 aromatic heterocycles. The predicted octanol–water partition coefficient (Wildman–Crippen LogP) is 4.47. The van der Waals surface area contributed by atoms with Crippen LogP contribution in [0.3, 0.4) is 0 Å². The van der Waals surface area contributed by atoms with Gasteiger partial charge in [-0.2, -0.15) is 0 Å². The van der Waals surface area contributed by atoms with E-state index in [1.165, 1.54) is 6.42 Å². The van der Waals surface area contributed by atoms with Gasteiger partial charge in [0.05, 0.1) is 0 Å². The summed E-state index contributed by atoms with van der Waals surface area (Å²) < 4.78 is 14.0. The van der Waals surface area contributed by atoms with Gasteiger partial charge in [0.1, 0.15) is 5.82 Å². The average molecular weight is 251 g/mol. The molecule has 0 aliphatic carbocycles. The van der Waals surface area contributed by atoms with Crippen molar-refractivity contribution >= 4 is 0 Å². The highest BCUT2D eigenvalue weighted by molar-refractivity contribution is 5.26. The fraction of sp³-hybridized carbons (Fsp3) is 0.625. The van der Waals surface area contributed by atoms with Crippen molar-refractivity contribution in [1.82, 2.24) is 5.32 Å². The Bertz CT molecular complexity index is 373. The topological polar surface area (TPSA) is 12.0 Å². The van der Waals surface area contributed by atoms with Gasteiger partial charge in [0.2, 0.25) is 0 Å². The molecule has 1 aromatic carbocycles. The van der Waals surface area contributed by atoms with E-state index in [0.29, 0.717) is 11.8 Å². The molecule has 0 amide bonds. The van der Waals surface area contributed by atoms with E-state index in [0.717, 1.165) is 17.5 Å². The van der Waals surface area contributed by atoms with E-state index >= 15 is 0 Å². The summed E-state index contributed by atoms with van der Waals surface area (Å²) in [6, 6.07) is 5.62. The van der Waals surface area contributed by atoms with Gasteiger partial charge in [-0.05, 0) is 50.3 Å². The van der Waals surface area contributed by atoms with Crippen molar-refractivity contribution in [1.29, 1.82) is 0 Å². The summed E-state index contributed by atoms with van der Waals surface area (Å²) in [6.45, 7) is 8.63. The maximum atomic E-state index is 14.0. The highest BCUT2D eigenvalue weighted by atomic mass is 19.1. The molecule has 102 valence electrons. The molecule has 2 atom stereocenters. The molecule has 0 saturated heterocycles. The molecule has 0 saturated carbocycles. The largest absolute Gasteiger partial charge is 0.313 e. The van der Waals surface area contributed by atoms with Gasteiger partial charge < -0.3 is 5.32 Å². The zero-order valence-electron chi connectivity index (χ0n) is 12.3. The number of benzene rings is 1. The molecule has 0 fully saturated rings. The third-order valence-electron chi connectivity index (χ3n) is 3.39. The first-order chi connectivity index (χ1) is 8.43. The second-order valence-corrected chi connectivity index (χ2v) is 5.84. The van der Waals surface area contributed by atoms with E-state index < -0.39 is 0 Å². The number of hydrogen-bond donors (Lipinski definition) is 1. The Balaban J connectivity index is 2.76. The minimum Gasteiger partial charge on any atom is -0.313 e. The summed E-state index contributed by atoms with van der Waals surface area (Å²) in [5, 5.41) is 3.24. The van der Waals surface area contributed by atoms with Crippen molar-refractivity contribution in [2.24, 2.45) is 11.8 Å². The maximum absolute atomic E-state index is 14.0. The highest BCUT2D eigenvalue weighted by Crippen LogP contribution is 2.27. The zero-order valence-corrected chi connectivity index (χ0v) is 12.3. The molecular formula is C16H26FN. The minimum absolute atomic E-state index is 0.0916. The summed E-state index contributed by atoms with van der Waals surface area (Å²) in [6.07, 6.45) is 2.17. The molecule has 0 heterocycles. The van der Waals surface area contributed by atoms with Gasteiger partial charge in [0.15, 0.2) is 0 Å². The lowest BCUT2D eigenvalue weighted by Gasteiger charge is -2.22. The summed E-state index contributed by atoms with van der Waals surface area (Å²) in [7, 11) is 1.91. The number of nitrogens with one attached hydrogen (secondary N) is 1. The average Bonchev–Trinajstić information content (AvgIpc) is 2.25. The van der Waals surface area contributed by atoms with E-state index in [1.54, 1.807) is 6.07 Å². The van der Waals surface area contributed by atoms with Crippen molar-refractivity contribution in [2.45, 2.75) is 46.6 Å². The Hall–Kier alpha value is -0.890. The van der Waals surface area contributed by atoms with Crippen LogP contribution in [0.5, 0.6) is 0 Å². The van der Waals surface area contributed by atoms with E-state index in [1.807, 2.05) is 26.1 Å². The first-order valence-corrected chi connectivity index (χ1v) is 6.87. The van der Waals surface area contributed by atoms with Crippen LogP contribution in [0.25, 0.3) is 0 Å². The van der Waals surface area contributed by atoms with Crippen molar-refractivity contribution in [2.75, 3.05) is 7.05 Å². The molecule has 1 aromatic rings. The van der Waals surface area contributed by atoms with Crippen LogP contribution in [0.15, 0.2) is 18.2 Å². The third-order valence-corrected chi connectivity index (χ3v) is 3.39. The van der Waals surface area contributed by atoms with E-state index in [-0.39, 0.29) is 11.9 Å². The quantitative estimate of drug-likeness (QED) is 0.786. The molecule has 1 nitrogen and oxygen atoms in total. The Morgan fingerprint density at radius 3 is 2.33 bits per heavy atom. The lowest BCUT2D eigenvalue weighted by atomic mass is 9.89. The van der Waals surface area contributed by atoms with Crippen LogP contribution in [-0.2, 0) is 0 Å². The summed E-state index contributed by atoms with van der Waals surface area (Å²) in [5.74, 6) is 1.20. The molecule has 0 aliphatic heterocycles. The van der Waals surface area contributed by atoms with Crippen LogP contribution >= 0.6 is 0 Å². The third kappa shape index (κ3) is 4.41. The highest BCUT2D eigenvalue weighted by Gasteiger charge is 2.17. The fourth-order valence-corrected chi connectivity index (χ4v) is 2.62. The van der Waals surface area contributed by atoms with Gasteiger partial charge >= 0.3 is 0 Å². The van der Waals surface area contributed by atoms with Gasteiger partial charge in [-0.1, -0.05) is 32.9 Å². The van der Waals surface area contributed by atoms with E-state index in [2.05, 4.69) is 26.1 Å². The summed E-state index contributed by atoms with van der Waals surface area (Å²) in [5.41, 5.74) is 1.76. The van der Waals surface area contributed by atoms with Crippen LogP contribution in [0.1, 0.15) is 50.8 Å². The number of halogens is 1. The predicted molar refractivity (Wildman–Crippen MR) is 76.2 cm³/mol. The van der Waals surface area contributed by atoms with Gasteiger partial charge in [-0.15, -0.1) is 0 Å². The molecule has 2 unspecified atom stereocenters. The fourth-order valence-electron chi connectivity index (χ4n) is 2.62.